The lowest BCUT2D eigenvalue weighted by molar-refractivity contribution is 0.340. The van der Waals surface area contributed by atoms with Crippen LogP contribution in [0.1, 0.15) is 12.5 Å². The maximum absolute atomic E-state index is 9.74. The molecule has 1 rings (SSSR count). The van der Waals surface area contributed by atoms with Crippen molar-refractivity contribution in [2.45, 2.75) is 6.92 Å². The van der Waals surface area contributed by atoms with E-state index in [4.69, 9.17) is 14.7 Å². The van der Waals surface area contributed by atoms with E-state index in [0.29, 0.717) is 17.1 Å². The van der Waals surface area contributed by atoms with Crippen LogP contribution < -0.4 is 9.47 Å². The monoisotopic (exact) mass is 245 g/mol. The van der Waals surface area contributed by atoms with E-state index in [-0.39, 0.29) is 5.75 Å². The van der Waals surface area contributed by atoms with Gasteiger partial charge < -0.3 is 14.6 Å². The first kappa shape index (κ1) is 13.7. The highest BCUT2D eigenvalue weighted by atomic mass is 16.5. The van der Waals surface area contributed by atoms with Gasteiger partial charge in [0.05, 0.1) is 20.3 Å². The zero-order valence-electron chi connectivity index (χ0n) is 10.6. The fourth-order valence-corrected chi connectivity index (χ4v) is 1.35. The summed E-state index contributed by atoms with van der Waals surface area (Å²) < 4.78 is 10.1. The number of allylic oxidation sites excluding steroid dienone is 3. The number of phenolic OH excluding ortho intramolecular Hbond substituents is 1. The van der Waals surface area contributed by atoms with Crippen LogP contribution in [0.3, 0.4) is 0 Å². The number of benzene rings is 1. The molecule has 1 aromatic carbocycles. The average molecular weight is 245 g/mol. The standard InChI is InChI=1S/C14H15NO3/c1-10(9-15)5-4-6-11-7-12(17-2)14(16)13(8-11)18-3/h4-8,16H,1-3H3/b6-4+,10-5-. The highest BCUT2D eigenvalue weighted by Crippen LogP contribution is 2.37. The van der Waals surface area contributed by atoms with Crippen LogP contribution >= 0.6 is 0 Å². The molecule has 0 aliphatic heterocycles. The van der Waals surface area contributed by atoms with Crippen molar-refractivity contribution in [2.24, 2.45) is 0 Å². The molecule has 4 nitrogen and oxygen atoms in total. The Kier molecular flexibility index (Phi) is 4.82. The predicted octanol–water partition coefficient (Wildman–Crippen LogP) is 2.89. The van der Waals surface area contributed by atoms with Gasteiger partial charge in [0.15, 0.2) is 11.5 Å². The Balaban J connectivity index is 3.08. The Morgan fingerprint density at radius 1 is 1.28 bits per heavy atom. The number of nitriles is 1. The molecular weight excluding hydrogens is 230 g/mol. The van der Waals surface area contributed by atoms with Gasteiger partial charge in [0.2, 0.25) is 5.75 Å². The summed E-state index contributed by atoms with van der Waals surface area (Å²) in [6.45, 7) is 1.72. The summed E-state index contributed by atoms with van der Waals surface area (Å²) in [4.78, 5) is 0. The van der Waals surface area contributed by atoms with Crippen LogP contribution in [0.25, 0.3) is 6.08 Å². The van der Waals surface area contributed by atoms with E-state index in [1.165, 1.54) is 14.2 Å². The maximum atomic E-state index is 9.74. The van der Waals surface area contributed by atoms with Gasteiger partial charge in [-0.1, -0.05) is 12.2 Å². The van der Waals surface area contributed by atoms with Crippen LogP contribution in [0.4, 0.5) is 0 Å². The second-order valence-corrected chi connectivity index (χ2v) is 3.59. The number of phenols is 1. The van der Waals surface area contributed by atoms with E-state index in [1.54, 1.807) is 37.3 Å². The minimum absolute atomic E-state index is 0.0269. The fourth-order valence-electron chi connectivity index (χ4n) is 1.35. The van der Waals surface area contributed by atoms with E-state index < -0.39 is 0 Å². The summed E-state index contributed by atoms with van der Waals surface area (Å²) in [5.74, 6) is 0.658. The van der Waals surface area contributed by atoms with Crippen LogP contribution in [0, 0.1) is 11.3 Å². The number of nitrogens with zero attached hydrogens (tertiary/aromatic N) is 1. The summed E-state index contributed by atoms with van der Waals surface area (Å²) in [6.07, 6.45) is 5.25. The van der Waals surface area contributed by atoms with E-state index in [0.717, 1.165) is 5.56 Å². The first-order chi connectivity index (χ1) is 8.62. The molecule has 0 aliphatic rings. The van der Waals surface area contributed by atoms with Crippen molar-refractivity contribution in [3.05, 3.63) is 35.4 Å². The lowest BCUT2D eigenvalue weighted by atomic mass is 10.1. The molecular formula is C14H15NO3. The van der Waals surface area contributed by atoms with Crippen LogP contribution in [0.15, 0.2) is 29.9 Å². The molecule has 18 heavy (non-hydrogen) atoms. The van der Waals surface area contributed by atoms with Crippen molar-refractivity contribution in [3.8, 4) is 23.3 Å². The molecule has 0 fully saturated rings. The molecule has 1 aromatic rings. The summed E-state index contributed by atoms with van der Waals surface area (Å²) in [7, 11) is 2.95. The zero-order chi connectivity index (χ0) is 13.5. The molecule has 0 aliphatic carbocycles. The number of aromatic hydroxyl groups is 1. The topological polar surface area (TPSA) is 62.5 Å². The van der Waals surface area contributed by atoms with Crippen molar-refractivity contribution in [3.63, 3.8) is 0 Å². The number of hydrogen-bond donors (Lipinski definition) is 1. The molecule has 0 radical (unpaired) electrons. The molecule has 4 heteroatoms. The SMILES string of the molecule is COc1cc(/C=C/C=C(/C)C#N)cc(OC)c1O. The molecule has 94 valence electrons. The van der Waals surface area contributed by atoms with Gasteiger partial charge in [-0.2, -0.15) is 5.26 Å². The second-order valence-electron chi connectivity index (χ2n) is 3.59. The van der Waals surface area contributed by atoms with Crippen molar-refractivity contribution in [1.29, 1.82) is 5.26 Å². The third-order valence-corrected chi connectivity index (χ3v) is 2.31. The van der Waals surface area contributed by atoms with Gasteiger partial charge in [-0.15, -0.1) is 0 Å². The minimum atomic E-state index is -0.0269. The Bertz CT molecular complexity index is 499. The van der Waals surface area contributed by atoms with Crippen LogP contribution in [0.5, 0.6) is 17.2 Å². The van der Waals surface area contributed by atoms with Crippen LogP contribution in [-0.2, 0) is 0 Å². The van der Waals surface area contributed by atoms with Crippen molar-refractivity contribution in [2.75, 3.05) is 14.2 Å². The highest BCUT2D eigenvalue weighted by molar-refractivity contribution is 5.62. The van der Waals surface area contributed by atoms with Gasteiger partial charge in [0.25, 0.3) is 0 Å². The van der Waals surface area contributed by atoms with Gasteiger partial charge in [-0.3, -0.25) is 0 Å². The molecule has 0 bridgehead atoms. The van der Waals surface area contributed by atoms with Crippen LogP contribution in [-0.4, -0.2) is 19.3 Å². The number of hydrogen-bond acceptors (Lipinski definition) is 4. The zero-order valence-corrected chi connectivity index (χ0v) is 10.6. The Hall–Kier alpha value is -2.41. The third kappa shape index (κ3) is 3.29. The highest BCUT2D eigenvalue weighted by Gasteiger charge is 2.09. The van der Waals surface area contributed by atoms with E-state index in [2.05, 4.69) is 0 Å². The third-order valence-electron chi connectivity index (χ3n) is 2.31. The van der Waals surface area contributed by atoms with Crippen molar-refractivity contribution < 1.29 is 14.6 Å². The summed E-state index contributed by atoms with van der Waals surface area (Å²) in [5, 5.41) is 18.3. The molecule has 0 aromatic heterocycles. The molecule has 0 saturated carbocycles. The van der Waals surface area contributed by atoms with Crippen molar-refractivity contribution in [1.82, 2.24) is 0 Å². The number of rotatable bonds is 4. The summed E-state index contributed by atoms with van der Waals surface area (Å²) in [5.41, 5.74) is 1.42. The average Bonchev–Trinajstić information content (AvgIpc) is 2.39. The quantitative estimate of drug-likeness (QED) is 0.654. The number of methoxy groups -OCH3 is 2. The smallest absolute Gasteiger partial charge is 0.200 e. The first-order valence-corrected chi connectivity index (χ1v) is 5.32. The molecule has 0 amide bonds. The minimum Gasteiger partial charge on any atom is -0.502 e. The molecule has 0 atom stereocenters. The molecule has 0 spiro atoms. The van der Waals surface area contributed by atoms with E-state index >= 15 is 0 Å². The van der Waals surface area contributed by atoms with Gasteiger partial charge >= 0.3 is 0 Å². The molecule has 0 heterocycles. The normalized spacial score (nSPS) is 11.3. The lowest BCUT2D eigenvalue weighted by Crippen LogP contribution is -1.90. The van der Waals surface area contributed by atoms with Gasteiger partial charge in [0.1, 0.15) is 0 Å². The Labute approximate surface area is 106 Å². The number of ether oxygens (including phenoxy) is 2. The first-order valence-electron chi connectivity index (χ1n) is 5.32. The largest absolute Gasteiger partial charge is 0.502 e. The van der Waals surface area contributed by atoms with Crippen molar-refractivity contribution >= 4 is 6.08 Å². The van der Waals surface area contributed by atoms with E-state index in [1.807, 2.05) is 6.07 Å². The lowest BCUT2D eigenvalue weighted by Gasteiger charge is -2.09. The second kappa shape index (κ2) is 6.36. The summed E-state index contributed by atoms with van der Waals surface area (Å²) >= 11 is 0. The van der Waals surface area contributed by atoms with Gasteiger partial charge in [0, 0.05) is 5.57 Å². The Morgan fingerprint density at radius 3 is 2.28 bits per heavy atom. The van der Waals surface area contributed by atoms with Gasteiger partial charge in [-0.05, 0) is 30.7 Å². The van der Waals surface area contributed by atoms with E-state index in [9.17, 15) is 5.11 Å². The maximum Gasteiger partial charge on any atom is 0.200 e. The fraction of sp³-hybridized carbons (Fsp3) is 0.214. The predicted molar refractivity (Wildman–Crippen MR) is 69.6 cm³/mol. The van der Waals surface area contributed by atoms with Crippen LogP contribution in [0.2, 0.25) is 0 Å². The Morgan fingerprint density at radius 2 is 1.83 bits per heavy atom. The van der Waals surface area contributed by atoms with Gasteiger partial charge in [-0.25, -0.2) is 0 Å². The molecule has 0 unspecified atom stereocenters. The molecule has 1 N–H and O–H groups in total. The molecule has 0 saturated heterocycles. The summed E-state index contributed by atoms with van der Waals surface area (Å²) in [6, 6.07) is 5.39.